The highest BCUT2D eigenvalue weighted by Gasteiger charge is 2.36. The lowest BCUT2D eigenvalue weighted by Crippen LogP contribution is -2.49. The molecule has 2 atom stereocenters. The molecular weight excluding hydrogens is 348 g/mol. The Morgan fingerprint density at radius 1 is 0.786 bits per heavy atom. The van der Waals surface area contributed by atoms with Gasteiger partial charge in [0, 0.05) is 42.9 Å². The van der Waals surface area contributed by atoms with Gasteiger partial charge in [-0.15, -0.1) is 0 Å². The Morgan fingerprint density at radius 3 is 2.32 bits per heavy atom. The molecule has 3 heterocycles. The van der Waals surface area contributed by atoms with Crippen LogP contribution in [-0.4, -0.2) is 28.5 Å². The van der Waals surface area contributed by atoms with Gasteiger partial charge in [0.15, 0.2) is 0 Å². The Morgan fingerprint density at radius 2 is 1.54 bits per heavy atom. The Labute approximate surface area is 164 Å². The van der Waals surface area contributed by atoms with E-state index >= 15 is 0 Å². The largest absolute Gasteiger partial charge is 0.338 e. The summed E-state index contributed by atoms with van der Waals surface area (Å²) in [4.78, 5) is 27.2. The van der Waals surface area contributed by atoms with E-state index in [1.54, 1.807) is 6.07 Å². The number of carbonyl (C=O) groups excluding carboxylic acids is 1. The molecule has 2 unspecified atom stereocenters. The van der Waals surface area contributed by atoms with Gasteiger partial charge < -0.3 is 9.47 Å². The molecule has 4 heteroatoms. The van der Waals surface area contributed by atoms with Crippen molar-refractivity contribution in [3.8, 4) is 11.1 Å². The van der Waals surface area contributed by atoms with E-state index < -0.39 is 0 Å². The third kappa shape index (κ3) is 2.95. The first-order valence-electron chi connectivity index (χ1n) is 9.83. The SMILES string of the molecule is O=C(c1ccc(-c2ccccc2)cc1)N1CC2CC(C1)c1cccc(=O)n1C2. The molecule has 1 fully saturated rings. The van der Waals surface area contributed by atoms with Crippen LogP contribution in [0.5, 0.6) is 0 Å². The zero-order valence-corrected chi connectivity index (χ0v) is 15.6. The van der Waals surface area contributed by atoms with Crippen molar-refractivity contribution in [3.05, 3.63) is 94.4 Å². The van der Waals surface area contributed by atoms with Crippen molar-refractivity contribution in [1.82, 2.24) is 9.47 Å². The van der Waals surface area contributed by atoms with E-state index in [4.69, 9.17) is 0 Å². The number of aromatic nitrogens is 1. The van der Waals surface area contributed by atoms with Gasteiger partial charge in [-0.05, 0) is 41.7 Å². The smallest absolute Gasteiger partial charge is 0.253 e. The summed E-state index contributed by atoms with van der Waals surface area (Å²) in [5, 5.41) is 0. The van der Waals surface area contributed by atoms with Crippen molar-refractivity contribution < 1.29 is 4.79 Å². The minimum atomic E-state index is 0.0727. The van der Waals surface area contributed by atoms with Gasteiger partial charge in [-0.1, -0.05) is 48.5 Å². The van der Waals surface area contributed by atoms with Crippen molar-refractivity contribution in [2.24, 2.45) is 5.92 Å². The van der Waals surface area contributed by atoms with E-state index in [-0.39, 0.29) is 17.4 Å². The number of hydrogen-bond acceptors (Lipinski definition) is 2. The third-order valence-corrected chi connectivity index (χ3v) is 6.01. The van der Waals surface area contributed by atoms with Crippen LogP contribution in [0.4, 0.5) is 0 Å². The standard InChI is InChI=1S/C24H22N2O2/c27-23-8-4-7-22-21-13-17(15-26(22)23)14-25(16-21)24(28)20-11-9-19(10-12-20)18-5-2-1-3-6-18/h1-12,17,21H,13-16H2. The van der Waals surface area contributed by atoms with Crippen molar-refractivity contribution >= 4 is 5.91 Å². The fraction of sp³-hybridized carbons (Fsp3) is 0.250. The van der Waals surface area contributed by atoms with Gasteiger partial charge in [0.1, 0.15) is 0 Å². The molecule has 140 valence electrons. The highest BCUT2D eigenvalue weighted by molar-refractivity contribution is 5.94. The third-order valence-electron chi connectivity index (χ3n) is 6.01. The molecule has 28 heavy (non-hydrogen) atoms. The van der Waals surface area contributed by atoms with Gasteiger partial charge in [0.25, 0.3) is 11.5 Å². The Bertz CT molecular complexity index is 1070. The molecule has 1 amide bonds. The molecule has 0 aliphatic carbocycles. The average molecular weight is 370 g/mol. The van der Waals surface area contributed by atoms with Crippen LogP contribution < -0.4 is 5.56 Å². The summed E-state index contributed by atoms with van der Waals surface area (Å²) in [6, 6.07) is 23.6. The quantitative estimate of drug-likeness (QED) is 0.689. The molecule has 1 aromatic heterocycles. The summed E-state index contributed by atoms with van der Waals surface area (Å²) >= 11 is 0. The average Bonchev–Trinajstić information content (AvgIpc) is 2.75. The van der Waals surface area contributed by atoms with Gasteiger partial charge in [-0.25, -0.2) is 0 Å². The molecule has 3 aromatic rings. The van der Waals surface area contributed by atoms with E-state index in [2.05, 4.69) is 12.1 Å². The zero-order chi connectivity index (χ0) is 19.1. The molecule has 2 aromatic carbocycles. The van der Waals surface area contributed by atoms with Gasteiger partial charge in [0.2, 0.25) is 0 Å². The maximum atomic E-state index is 13.1. The number of pyridine rings is 1. The Kier molecular flexibility index (Phi) is 4.12. The van der Waals surface area contributed by atoms with Crippen molar-refractivity contribution in [2.45, 2.75) is 18.9 Å². The predicted octanol–water partition coefficient (Wildman–Crippen LogP) is 3.77. The monoisotopic (exact) mass is 370 g/mol. The lowest BCUT2D eigenvalue weighted by atomic mass is 9.83. The number of benzene rings is 2. The van der Waals surface area contributed by atoms with Crippen LogP contribution in [0.25, 0.3) is 11.1 Å². The number of amides is 1. The maximum absolute atomic E-state index is 13.1. The molecule has 1 saturated heterocycles. The van der Waals surface area contributed by atoms with Crippen LogP contribution in [0.15, 0.2) is 77.6 Å². The van der Waals surface area contributed by atoms with Crippen LogP contribution in [0.1, 0.15) is 28.4 Å². The summed E-state index contributed by atoms with van der Waals surface area (Å²) < 4.78 is 1.90. The Balaban J connectivity index is 1.38. The number of carbonyl (C=O) groups is 1. The number of piperidine rings is 1. The first-order chi connectivity index (χ1) is 13.7. The topological polar surface area (TPSA) is 42.3 Å². The molecule has 2 aliphatic rings. The fourth-order valence-electron chi connectivity index (χ4n) is 4.68. The van der Waals surface area contributed by atoms with Gasteiger partial charge in [-0.3, -0.25) is 9.59 Å². The number of hydrogen-bond donors (Lipinski definition) is 0. The number of nitrogens with zero attached hydrogens (tertiary/aromatic N) is 2. The Hall–Kier alpha value is -3.14. The predicted molar refractivity (Wildman–Crippen MR) is 109 cm³/mol. The summed E-state index contributed by atoms with van der Waals surface area (Å²) in [6.07, 6.45) is 1.06. The zero-order valence-electron chi connectivity index (χ0n) is 15.6. The molecule has 0 N–H and O–H groups in total. The number of rotatable bonds is 2. The van der Waals surface area contributed by atoms with Crippen molar-refractivity contribution in [2.75, 3.05) is 13.1 Å². The molecule has 0 spiro atoms. The normalized spacial score (nSPS) is 20.5. The maximum Gasteiger partial charge on any atom is 0.253 e. The van der Waals surface area contributed by atoms with Crippen molar-refractivity contribution in [3.63, 3.8) is 0 Å². The van der Waals surface area contributed by atoms with E-state index in [9.17, 15) is 9.59 Å². The second-order valence-corrected chi connectivity index (χ2v) is 7.85. The minimum absolute atomic E-state index is 0.0727. The highest BCUT2D eigenvalue weighted by Crippen LogP contribution is 2.35. The van der Waals surface area contributed by atoms with Crippen LogP contribution in [-0.2, 0) is 6.54 Å². The van der Waals surface area contributed by atoms with E-state index in [1.807, 2.05) is 64.1 Å². The first-order valence-corrected chi connectivity index (χ1v) is 9.83. The van der Waals surface area contributed by atoms with Gasteiger partial charge >= 0.3 is 0 Å². The summed E-state index contributed by atoms with van der Waals surface area (Å²) in [5.41, 5.74) is 4.13. The molecular formula is C24H22N2O2. The summed E-state index contributed by atoms with van der Waals surface area (Å²) in [5.74, 6) is 0.675. The molecule has 2 aliphatic heterocycles. The van der Waals surface area contributed by atoms with Crippen LogP contribution in [0.2, 0.25) is 0 Å². The molecule has 5 rings (SSSR count). The van der Waals surface area contributed by atoms with Crippen LogP contribution >= 0.6 is 0 Å². The molecule has 2 bridgehead atoms. The molecule has 0 saturated carbocycles. The molecule has 0 radical (unpaired) electrons. The summed E-state index contributed by atoms with van der Waals surface area (Å²) in [7, 11) is 0. The molecule has 4 nitrogen and oxygen atoms in total. The van der Waals surface area contributed by atoms with Crippen LogP contribution in [0.3, 0.4) is 0 Å². The lowest BCUT2D eigenvalue weighted by molar-refractivity contribution is 0.0594. The minimum Gasteiger partial charge on any atom is -0.338 e. The van der Waals surface area contributed by atoms with Crippen molar-refractivity contribution in [1.29, 1.82) is 0 Å². The van der Waals surface area contributed by atoms with E-state index in [0.29, 0.717) is 19.0 Å². The summed E-state index contributed by atoms with van der Waals surface area (Å²) in [6.45, 7) is 2.11. The first kappa shape index (κ1) is 17.0. The van der Waals surface area contributed by atoms with Gasteiger partial charge in [-0.2, -0.15) is 0 Å². The number of likely N-dealkylation sites (tertiary alicyclic amines) is 1. The lowest BCUT2D eigenvalue weighted by Gasteiger charge is -2.42. The number of fused-ring (bicyclic) bond motifs is 4. The second kappa shape index (κ2) is 6.79. The van der Waals surface area contributed by atoms with Gasteiger partial charge in [0.05, 0.1) is 0 Å². The van der Waals surface area contributed by atoms with E-state index in [0.717, 1.165) is 35.3 Å². The fourth-order valence-corrected chi connectivity index (χ4v) is 4.68. The second-order valence-electron chi connectivity index (χ2n) is 7.85. The van der Waals surface area contributed by atoms with Crippen LogP contribution in [0, 0.1) is 5.92 Å². The van der Waals surface area contributed by atoms with E-state index in [1.165, 1.54) is 0 Å². The highest BCUT2D eigenvalue weighted by atomic mass is 16.2.